The number of halogens is 1. The molecule has 0 saturated carbocycles. The average molecular weight is 273 g/mol. The zero-order chi connectivity index (χ0) is 13.8. The highest BCUT2D eigenvalue weighted by Gasteiger charge is 2.05. The van der Waals surface area contributed by atoms with E-state index in [9.17, 15) is 0 Å². The van der Waals surface area contributed by atoms with E-state index in [1.165, 1.54) is 6.33 Å². The highest BCUT2D eigenvalue weighted by Crippen LogP contribution is 2.15. The molecule has 2 aromatic heterocycles. The Morgan fingerprint density at radius 2 is 2.05 bits per heavy atom. The van der Waals surface area contributed by atoms with Gasteiger partial charge in [0, 0.05) is 5.56 Å². The van der Waals surface area contributed by atoms with Gasteiger partial charge < -0.3 is 5.73 Å². The van der Waals surface area contributed by atoms with Crippen LogP contribution in [-0.2, 0) is 6.42 Å². The highest BCUT2D eigenvalue weighted by molar-refractivity contribution is 6.30. The van der Waals surface area contributed by atoms with Crippen LogP contribution in [0.15, 0.2) is 18.5 Å². The van der Waals surface area contributed by atoms with Crippen LogP contribution in [0.3, 0.4) is 0 Å². The topological polar surface area (TPSA) is 64.7 Å². The average Bonchev–Trinajstić information content (AvgIpc) is 2.39. The van der Waals surface area contributed by atoms with Crippen LogP contribution >= 0.6 is 11.6 Å². The standard InChI is InChI=1S/C14H13ClN4/c1-3-12-11(14(15)18-8-17-12)6-4-10-5-7-13(16)19-9(10)2/h5,7-8H,3H2,1-2H3,(H2,16,19). The molecule has 2 N–H and O–H groups in total. The number of nitrogens with two attached hydrogens (primary N) is 1. The number of nitrogen functional groups attached to an aromatic ring is 1. The Kier molecular flexibility index (Phi) is 3.98. The van der Waals surface area contributed by atoms with E-state index in [1.54, 1.807) is 6.07 Å². The van der Waals surface area contributed by atoms with Crippen molar-refractivity contribution in [2.24, 2.45) is 0 Å². The maximum atomic E-state index is 6.05. The quantitative estimate of drug-likeness (QED) is 0.639. The molecule has 0 radical (unpaired) electrons. The summed E-state index contributed by atoms with van der Waals surface area (Å²) < 4.78 is 0. The van der Waals surface area contributed by atoms with Crippen LogP contribution in [-0.4, -0.2) is 15.0 Å². The van der Waals surface area contributed by atoms with E-state index in [0.29, 0.717) is 16.5 Å². The Morgan fingerprint density at radius 3 is 2.74 bits per heavy atom. The summed E-state index contributed by atoms with van der Waals surface area (Å²) in [6.45, 7) is 3.87. The lowest BCUT2D eigenvalue weighted by Gasteiger charge is -2.01. The summed E-state index contributed by atoms with van der Waals surface area (Å²) in [6, 6.07) is 3.56. The fraction of sp³-hybridized carbons (Fsp3) is 0.214. The summed E-state index contributed by atoms with van der Waals surface area (Å²) in [7, 11) is 0. The third kappa shape index (κ3) is 3.01. The minimum atomic E-state index is 0.375. The molecule has 0 aliphatic heterocycles. The van der Waals surface area contributed by atoms with E-state index in [0.717, 1.165) is 23.4 Å². The lowest BCUT2D eigenvalue weighted by atomic mass is 10.1. The fourth-order valence-electron chi connectivity index (χ4n) is 1.63. The van der Waals surface area contributed by atoms with Gasteiger partial charge in [0.05, 0.1) is 17.0 Å². The van der Waals surface area contributed by atoms with Crippen molar-refractivity contribution in [2.45, 2.75) is 20.3 Å². The second-order valence-corrected chi connectivity index (χ2v) is 4.32. The zero-order valence-corrected chi connectivity index (χ0v) is 11.5. The van der Waals surface area contributed by atoms with Gasteiger partial charge in [-0.3, -0.25) is 0 Å². The molecule has 0 atom stereocenters. The van der Waals surface area contributed by atoms with Crippen LogP contribution in [0.2, 0.25) is 5.15 Å². The smallest absolute Gasteiger partial charge is 0.148 e. The number of hydrogen-bond donors (Lipinski definition) is 1. The third-order valence-corrected chi connectivity index (χ3v) is 2.93. The molecule has 2 aromatic rings. The second-order valence-electron chi connectivity index (χ2n) is 3.96. The predicted octanol–water partition coefficient (Wildman–Crippen LogP) is 2.38. The SMILES string of the molecule is CCc1ncnc(Cl)c1C#Cc1ccc(N)nc1C. The molecule has 0 aliphatic rings. The van der Waals surface area contributed by atoms with Gasteiger partial charge in [0.15, 0.2) is 0 Å². The molecule has 0 aromatic carbocycles. The third-order valence-electron chi connectivity index (χ3n) is 2.64. The van der Waals surface area contributed by atoms with Gasteiger partial charge in [-0.1, -0.05) is 30.4 Å². The molecule has 0 spiro atoms. The van der Waals surface area contributed by atoms with Gasteiger partial charge in [-0.15, -0.1) is 0 Å². The Balaban J connectivity index is 2.45. The van der Waals surface area contributed by atoms with Gasteiger partial charge in [-0.05, 0) is 25.5 Å². The number of hydrogen-bond acceptors (Lipinski definition) is 4. The molecule has 2 rings (SSSR count). The number of anilines is 1. The molecule has 19 heavy (non-hydrogen) atoms. The number of nitrogens with zero attached hydrogens (tertiary/aromatic N) is 3. The summed E-state index contributed by atoms with van der Waals surface area (Å²) in [5, 5.41) is 0.375. The molecule has 0 bridgehead atoms. The van der Waals surface area contributed by atoms with Crippen molar-refractivity contribution in [2.75, 3.05) is 5.73 Å². The van der Waals surface area contributed by atoms with Crippen LogP contribution in [0.4, 0.5) is 5.82 Å². The highest BCUT2D eigenvalue weighted by atomic mass is 35.5. The molecule has 0 unspecified atom stereocenters. The van der Waals surface area contributed by atoms with Gasteiger partial charge in [-0.2, -0.15) is 0 Å². The van der Waals surface area contributed by atoms with Gasteiger partial charge in [0.25, 0.3) is 0 Å². The minimum Gasteiger partial charge on any atom is -0.384 e. The van der Waals surface area contributed by atoms with Gasteiger partial charge in [-0.25, -0.2) is 15.0 Å². The second kappa shape index (κ2) is 5.68. The van der Waals surface area contributed by atoms with Crippen LogP contribution in [0.5, 0.6) is 0 Å². The summed E-state index contributed by atoms with van der Waals surface area (Å²) in [5.41, 5.74) is 8.72. The molecule has 96 valence electrons. The fourth-order valence-corrected chi connectivity index (χ4v) is 1.83. The lowest BCUT2D eigenvalue weighted by Crippen LogP contribution is -1.97. The van der Waals surface area contributed by atoms with Crippen molar-refractivity contribution in [3.8, 4) is 11.8 Å². The first kappa shape index (κ1) is 13.3. The Morgan fingerprint density at radius 1 is 1.26 bits per heavy atom. The van der Waals surface area contributed by atoms with Crippen LogP contribution in [0.1, 0.15) is 29.4 Å². The summed E-state index contributed by atoms with van der Waals surface area (Å²) >= 11 is 6.05. The molecule has 2 heterocycles. The van der Waals surface area contributed by atoms with E-state index >= 15 is 0 Å². The molecule has 0 saturated heterocycles. The molecule has 0 amide bonds. The van der Waals surface area contributed by atoms with Crippen molar-refractivity contribution in [1.82, 2.24) is 15.0 Å². The largest absolute Gasteiger partial charge is 0.384 e. The van der Waals surface area contributed by atoms with Gasteiger partial charge in [0.2, 0.25) is 0 Å². The van der Waals surface area contributed by atoms with Crippen molar-refractivity contribution in [1.29, 1.82) is 0 Å². The van der Waals surface area contributed by atoms with Crippen LogP contribution < -0.4 is 5.73 Å². The number of rotatable bonds is 1. The lowest BCUT2D eigenvalue weighted by molar-refractivity contribution is 0.989. The molecule has 4 nitrogen and oxygen atoms in total. The van der Waals surface area contributed by atoms with Crippen molar-refractivity contribution in [3.63, 3.8) is 0 Å². The molecule has 0 aliphatic carbocycles. The number of pyridine rings is 1. The van der Waals surface area contributed by atoms with Crippen molar-refractivity contribution < 1.29 is 0 Å². The Labute approximate surface area is 117 Å². The Bertz CT molecular complexity index is 671. The first-order valence-electron chi connectivity index (χ1n) is 5.86. The summed E-state index contributed by atoms with van der Waals surface area (Å²) in [5.74, 6) is 6.55. The van der Waals surface area contributed by atoms with E-state index < -0.39 is 0 Å². The predicted molar refractivity (Wildman–Crippen MR) is 75.8 cm³/mol. The Hall–Kier alpha value is -2.12. The monoisotopic (exact) mass is 272 g/mol. The first-order chi connectivity index (χ1) is 9.11. The first-order valence-corrected chi connectivity index (χ1v) is 6.24. The van der Waals surface area contributed by atoms with E-state index in [1.807, 2.05) is 19.9 Å². The maximum Gasteiger partial charge on any atom is 0.148 e. The van der Waals surface area contributed by atoms with Gasteiger partial charge in [0.1, 0.15) is 17.3 Å². The summed E-state index contributed by atoms with van der Waals surface area (Å²) in [4.78, 5) is 12.3. The zero-order valence-electron chi connectivity index (χ0n) is 10.7. The van der Waals surface area contributed by atoms with Crippen molar-refractivity contribution in [3.05, 3.63) is 46.1 Å². The van der Waals surface area contributed by atoms with Crippen LogP contribution in [0.25, 0.3) is 0 Å². The summed E-state index contributed by atoms with van der Waals surface area (Å²) in [6.07, 6.45) is 2.20. The minimum absolute atomic E-state index is 0.375. The van der Waals surface area contributed by atoms with E-state index in [4.69, 9.17) is 17.3 Å². The molecule has 0 fully saturated rings. The number of aromatic nitrogens is 3. The maximum absolute atomic E-state index is 6.05. The van der Waals surface area contributed by atoms with Gasteiger partial charge >= 0.3 is 0 Å². The molecular weight excluding hydrogens is 260 g/mol. The molecular formula is C14H13ClN4. The van der Waals surface area contributed by atoms with E-state index in [-0.39, 0.29) is 0 Å². The number of aryl methyl sites for hydroxylation is 2. The molecule has 5 heteroatoms. The van der Waals surface area contributed by atoms with Crippen LogP contribution in [0, 0.1) is 18.8 Å². The van der Waals surface area contributed by atoms with Crippen molar-refractivity contribution >= 4 is 17.4 Å². The normalized spacial score (nSPS) is 9.84. The van der Waals surface area contributed by atoms with E-state index in [2.05, 4.69) is 26.8 Å².